The van der Waals surface area contributed by atoms with E-state index in [-0.39, 0.29) is 12.0 Å². The average molecular weight is 214 g/mol. The summed E-state index contributed by atoms with van der Waals surface area (Å²) in [4.78, 5) is 0. The molecule has 1 aromatic carbocycles. The summed E-state index contributed by atoms with van der Waals surface area (Å²) < 4.78 is 37.1. The van der Waals surface area contributed by atoms with Crippen molar-refractivity contribution >= 4 is 0 Å². The fourth-order valence-corrected chi connectivity index (χ4v) is 1.15. The van der Waals surface area contributed by atoms with Crippen LogP contribution in [0.15, 0.2) is 18.2 Å². The monoisotopic (exact) mass is 214 g/mol. The Bertz CT molecular complexity index is 385. The molecule has 0 heterocycles. The summed E-state index contributed by atoms with van der Waals surface area (Å²) in [7, 11) is 0. The number of halogens is 3. The highest BCUT2D eigenvalue weighted by atomic mass is 19.3. The van der Waals surface area contributed by atoms with Crippen LogP contribution in [0.2, 0.25) is 0 Å². The summed E-state index contributed by atoms with van der Waals surface area (Å²) in [6.07, 6.45) is -2.70. The summed E-state index contributed by atoms with van der Waals surface area (Å²) in [5.74, 6) is -0.660. The van der Waals surface area contributed by atoms with E-state index in [1.165, 1.54) is 12.1 Å². The molecule has 2 N–H and O–H groups in total. The van der Waals surface area contributed by atoms with Crippen molar-refractivity contribution in [1.82, 2.24) is 0 Å². The lowest BCUT2D eigenvalue weighted by molar-refractivity contribution is 0.116. The molecule has 80 valence electrons. The molecule has 0 amide bonds. The topological polar surface area (TPSA) is 49.8 Å². The van der Waals surface area contributed by atoms with Crippen LogP contribution in [0.3, 0.4) is 0 Å². The maximum atomic E-state index is 12.9. The zero-order valence-electron chi connectivity index (χ0n) is 7.75. The van der Waals surface area contributed by atoms with Gasteiger partial charge >= 0.3 is 0 Å². The van der Waals surface area contributed by atoms with Crippen molar-refractivity contribution in [3.8, 4) is 6.07 Å². The lowest BCUT2D eigenvalue weighted by atomic mass is 10.0. The van der Waals surface area contributed by atoms with Crippen molar-refractivity contribution in [1.29, 1.82) is 5.26 Å². The van der Waals surface area contributed by atoms with Crippen LogP contribution in [-0.4, -0.2) is 12.5 Å². The number of nitrogens with zero attached hydrogens (tertiary/aromatic N) is 1. The molecule has 1 rings (SSSR count). The van der Waals surface area contributed by atoms with Crippen LogP contribution in [0.5, 0.6) is 0 Å². The smallest absolute Gasteiger partial charge is 0.253 e. The fraction of sp³-hybridized carbons (Fsp3) is 0.300. The Kier molecular flexibility index (Phi) is 3.69. The van der Waals surface area contributed by atoms with Gasteiger partial charge in [0.1, 0.15) is 11.9 Å². The molecule has 0 aliphatic heterocycles. The van der Waals surface area contributed by atoms with Crippen LogP contribution in [0, 0.1) is 17.1 Å². The van der Waals surface area contributed by atoms with Gasteiger partial charge in [-0.25, -0.2) is 13.2 Å². The number of benzene rings is 1. The first-order chi connectivity index (χ1) is 7.04. The molecule has 0 bridgehead atoms. The summed E-state index contributed by atoms with van der Waals surface area (Å²) >= 11 is 0. The van der Waals surface area contributed by atoms with E-state index in [0.29, 0.717) is 5.56 Å². The standard InChI is InChI=1S/C10H9F3N2/c11-8-2-1-6(3-7(8)5-14)4-9(15)10(12)13/h1-3,9-10H,4,15H2. The van der Waals surface area contributed by atoms with Gasteiger partial charge < -0.3 is 5.73 Å². The Labute approximate surface area is 85.1 Å². The normalized spacial score (nSPS) is 12.5. The van der Waals surface area contributed by atoms with Crippen LogP contribution in [0.25, 0.3) is 0 Å². The summed E-state index contributed by atoms with van der Waals surface area (Å²) in [5.41, 5.74) is 5.42. The van der Waals surface area contributed by atoms with Crippen LogP contribution in [0.4, 0.5) is 13.2 Å². The first-order valence-corrected chi connectivity index (χ1v) is 4.27. The molecule has 5 heteroatoms. The van der Waals surface area contributed by atoms with E-state index < -0.39 is 18.3 Å². The molecule has 0 saturated heterocycles. The van der Waals surface area contributed by atoms with Crippen molar-refractivity contribution in [2.45, 2.75) is 18.9 Å². The third-order valence-electron chi connectivity index (χ3n) is 1.95. The third kappa shape index (κ3) is 2.96. The number of rotatable bonds is 3. The van der Waals surface area contributed by atoms with Crippen molar-refractivity contribution in [2.24, 2.45) is 5.73 Å². The highest BCUT2D eigenvalue weighted by Crippen LogP contribution is 2.12. The second kappa shape index (κ2) is 4.80. The fourth-order valence-electron chi connectivity index (χ4n) is 1.15. The molecular weight excluding hydrogens is 205 g/mol. The maximum Gasteiger partial charge on any atom is 0.253 e. The Morgan fingerprint density at radius 3 is 2.60 bits per heavy atom. The van der Waals surface area contributed by atoms with Gasteiger partial charge in [-0.2, -0.15) is 5.26 Å². The molecule has 1 atom stereocenters. The van der Waals surface area contributed by atoms with Crippen molar-refractivity contribution < 1.29 is 13.2 Å². The quantitative estimate of drug-likeness (QED) is 0.834. The van der Waals surface area contributed by atoms with Crippen LogP contribution in [-0.2, 0) is 6.42 Å². The van der Waals surface area contributed by atoms with Crippen molar-refractivity contribution in [3.63, 3.8) is 0 Å². The minimum Gasteiger partial charge on any atom is -0.323 e. The van der Waals surface area contributed by atoms with Crippen LogP contribution >= 0.6 is 0 Å². The first-order valence-electron chi connectivity index (χ1n) is 4.27. The molecule has 0 spiro atoms. The second-order valence-corrected chi connectivity index (χ2v) is 3.13. The first kappa shape index (κ1) is 11.5. The van der Waals surface area contributed by atoms with Gasteiger partial charge in [0.25, 0.3) is 6.43 Å². The molecule has 1 unspecified atom stereocenters. The summed E-state index contributed by atoms with van der Waals surface area (Å²) in [6, 6.07) is 4.00. The molecule has 2 nitrogen and oxygen atoms in total. The Morgan fingerprint density at radius 1 is 1.40 bits per heavy atom. The highest BCUT2D eigenvalue weighted by molar-refractivity contribution is 5.34. The van der Waals surface area contributed by atoms with Gasteiger partial charge in [-0.15, -0.1) is 0 Å². The maximum absolute atomic E-state index is 12.9. The molecule has 0 radical (unpaired) electrons. The van der Waals surface area contributed by atoms with Gasteiger partial charge in [0, 0.05) is 0 Å². The summed E-state index contributed by atoms with van der Waals surface area (Å²) in [6.45, 7) is 0. The molecule has 0 aromatic heterocycles. The zero-order chi connectivity index (χ0) is 11.4. The minimum absolute atomic E-state index is 0.0768. The lowest BCUT2D eigenvalue weighted by Gasteiger charge is -2.10. The molecule has 1 aromatic rings. The highest BCUT2D eigenvalue weighted by Gasteiger charge is 2.16. The molecule has 0 aliphatic carbocycles. The second-order valence-electron chi connectivity index (χ2n) is 3.13. The van der Waals surface area contributed by atoms with Gasteiger partial charge in [0.05, 0.1) is 11.6 Å². The Balaban J connectivity index is 2.84. The van der Waals surface area contributed by atoms with Crippen molar-refractivity contribution in [2.75, 3.05) is 0 Å². The predicted octanol–water partition coefficient (Wildman–Crippen LogP) is 1.83. The van der Waals surface area contributed by atoms with E-state index >= 15 is 0 Å². The molecule has 15 heavy (non-hydrogen) atoms. The number of nitrogens with two attached hydrogens (primary N) is 1. The van der Waals surface area contributed by atoms with Gasteiger partial charge in [-0.05, 0) is 24.1 Å². The van der Waals surface area contributed by atoms with E-state index in [2.05, 4.69) is 0 Å². The number of alkyl halides is 2. The molecule has 0 fully saturated rings. The molecule has 0 aliphatic rings. The third-order valence-corrected chi connectivity index (χ3v) is 1.95. The number of hydrogen-bond donors (Lipinski definition) is 1. The van der Waals surface area contributed by atoms with Gasteiger partial charge in [0.15, 0.2) is 0 Å². The van der Waals surface area contributed by atoms with E-state index in [9.17, 15) is 13.2 Å². The predicted molar refractivity (Wildman–Crippen MR) is 48.8 cm³/mol. The van der Waals surface area contributed by atoms with Gasteiger partial charge in [-0.1, -0.05) is 6.07 Å². The van der Waals surface area contributed by atoms with Crippen LogP contribution in [0.1, 0.15) is 11.1 Å². The Morgan fingerprint density at radius 2 is 2.07 bits per heavy atom. The lowest BCUT2D eigenvalue weighted by Crippen LogP contribution is -2.30. The van der Waals surface area contributed by atoms with E-state index in [0.717, 1.165) is 6.07 Å². The molecule has 0 saturated carbocycles. The van der Waals surface area contributed by atoms with E-state index in [4.69, 9.17) is 11.0 Å². The van der Waals surface area contributed by atoms with Gasteiger partial charge in [-0.3, -0.25) is 0 Å². The number of hydrogen-bond acceptors (Lipinski definition) is 2. The van der Waals surface area contributed by atoms with Crippen molar-refractivity contribution in [3.05, 3.63) is 35.1 Å². The summed E-state index contributed by atoms with van der Waals surface area (Å²) in [5, 5.41) is 8.52. The largest absolute Gasteiger partial charge is 0.323 e. The van der Waals surface area contributed by atoms with E-state index in [1.54, 1.807) is 6.07 Å². The van der Waals surface area contributed by atoms with Crippen LogP contribution < -0.4 is 5.73 Å². The Hall–Kier alpha value is -1.54. The minimum atomic E-state index is -2.62. The molecular formula is C10H9F3N2. The van der Waals surface area contributed by atoms with E-state index in [1.807, 2.05) is 0 Å². The number of nitriles is 1. The SMILES string of the molecule is N#Cc1cc(CC(N)C(F)F)ccc1F. The zero-order valence-corrected chi connectivity index (χ0v) is 7.75. The average Bonchev–Trinajstić information content (AvgIpc) is 2.20. The van der Waals surface area contributed by atoms with Gasteiger partial charge in [0.2, 0.25) is 0 Å².